The van der Waals surface area contributed by atoms with E-state index < -0.39 is 23.0 Å². The minimum atomic E-state index is -0.707. The standard InChI is InChI=1S/C24H28FN7O4/c1-2-31-22(33)19(27-32(24(31)35)18-10-8-16(25)9-11-18)20-26-21(36-28-20)23(34)30-14-12-29(13-15-30)17-6-4-3-5-7-17/h8-11,17H,2-7,12-15H2,1H3. The number of rotatable bonds is 5. The van der Waals surface area contributed by atoms with Crippen LogP contribution in [0.4, 0.5) is 4.39 Å². The second-order valence-electron chi connectivity index (χ2n) is 9.11. The van der Waals surface area contributed by atoms with Gasteiger partial charge in [0.15, 0.2) is 5.69 Å². The van der Waals surface area contributed by atoms with Gasteiger partial charge in [0, 0.05) is 38.8 Å². The zero-order chi connectivity index (χ0) is 25.2. The van der Waals surface area contributed by atoms with Crippen LogP contribution >= 0.6 is 0 Å². The fraction of sp³-hybridized carbons (Fsp3) is 0.500. The number of hydrogen-bond acceptors (Lipinski definition) is 8. The van der Waals surface area contributed by atoms with E-state index in [1.807, 2.05) is 0 Å². The zero-order valence-electron chi connectivity index (χ0n) is 20.1. The van der Waals surface area contributed by atoms with Crippen molar-refractivity contribution in [3.05, 3.63) is 56.8 Å². The van der Waals surface area contributed by atoms with Crippen LogP contribution in [0.1, 0.15) is 49.7 Å². The van der Waals surface area contributed by atoms with E-state index >= 15 is 0 Å². The lowest BCUT2D eigenvalue weighted by Crippen LogP contribution is -2.52. The number of nitrogens with zero attached hydrogens (tertiary/aromatic N) is 7. The molecule has 1 saturated carbocycles. The summed E-state index contributed by atoms with van der Waals surface area (Å²) in [6.45, 7) is 4.42. The summed E-state index contributed by atoms with van der Waals surface area (Å²) in [5, 5.41) is 7.94. The summed E-state index contributed by atoms with van der Waals surface area (Å²) < 4.78 is 20.5. The fourth-order valence-electron chi connectivity index (χ4n) is 4.96. The molecule has 36 heavy (non-hydrogen) atoms. The molecular formula is C24H28FN7O4. The normalized spacial score (nSPS) is 17.4. The summed E-state index contributed by atoms with van der Waals surface area (Å²) >= 11 is 0. The molecule has 1 aromatic carbocycles. The summed E-state index contributed by atoms with van der Waals surface area (Å²) in [6, 6.07) is 5.70. The molecule has 1 aliphatic heterocycles. The first-order valence-corrected chi connectivity index (χ1v) is 12.3. The van der Waals surface area contributed by atoms with E-state index in [-0.39, 0.29) is 29.6 Å². The highest BCUT2D eigenvalue weighted by Gasteiger charge is 2.30. The van der Waals surface area contributed by atoms with Crippen LogP contribution in [0.5, 0.6) is 0 Å². The Bertz CT molecular complexity index is 1350. The van der Waals surface area contributed by atoms with Crippen molar-refractivity contribution < 1.29 is 13.7 Å². The first kappa shape index (κ1) is 24.0. The van der Waals surface area contributed by atoms with Crippen LogP contribution < -0.4 is 11.2 Å². The summed E-state index contributed by atoms with van der Waals surface area (Å²) in [5.41, 5.74) is -1.37. The maximum Gasteiger partial charge on any atom is 0.352 e. The van der Waals surface area contributed by atoms with E-state index in [0.29, 0.717) is 19.1 Å². The molecule has 0 N–H and O–H groups in total. The van der Waals surface area contributed by atoms with Gasteiger partial charge >= 0.3 is 17.5 Å². The summed E-state index contributed by atoms with van der Waals surface area (Å²) in [5.74, 6) is -1.31. The quantitative estimate of drug-likeness (QED) is 0.523. The molecule has 1 aliphatic carbocycles. The van der Waals surface area contributed by atoms with Gasteiger partial charge in [0.2, 0.25) is 5.82 Å². The first-order chi connectivity index (χ1) is 17.5. The lowest BCUT2D eigenvalue weighted by atomic mass is 9.94. The van der Waals surface area contributed by atoms with E-state index in [1.165, 1.54) is 56.4 Å². The second-order valence-corrected chi connectivity index (χ2v) is 9.11. The lowest BCUT2D eigenvalue weighted by molar-refractivity contribution is 0.0483. The predicted octanol–water partition coefficient (Wildman–Crippen LogP) is 1.69. The minimum absolute atomic E-state index is 0.0727. The average molecular weight is 498 g/mol. The van der Waals surface area contributed by atoms with Crippen LogP contribution in [0, 0.1) is 5.82 Å². The van der Waals surface area contributed by atoms with Gasteiger partial charge < -0.3 is 9.42 Å². The van der Waals surface area contributed by atoms with Crippen molar-refractivity contribution in [2.24, 2.45) is 0 Å². The Morgan fingerprint density at radius 2 is 1.75 bits per heavy atom. The smallest absolute Gasteiger partial charge is 0.332 e. The maximum absolute atomic E-state index is 13.4. The van der Waals surface area contributed by atoms with E-state index in [4.69, 9.17) is 4.52 Å². The molecule has 2 fully saturated rings. The van der Waals surface area contributed by atoms with Gasteiger partial charge in [-0.15, -0.1) is 0 Å². The highest BCUT2D eigenvalue weighted by atomic mass is 19.1. The van der Waals surface area contributed by atoms with E-state index in [9.17, 15) is 18.8 Å². The third kappa shape index (κ3) is 4.60. The van der Waals surface area contributed by atoms with Gasteiger partial charge in [-0.1, -0.05) is 24.4 Å². The number of piperazine rings is 1. The summed E-state index contributed by atoms with van der Waals surface area (Å²) in [6.07, 6.45) is 6.24. The molecule has 0 radical (unpaired) electrons. The lowest BCUT2D eigenvalue weighted by Gasteiger charge is -2.40. The predicted molar refractivity (Wildman–Crippen MR) is 127 cm³/mol. The molecule has 1 saturated heterocycles. The molecule has 0 unspecified atom stereocenters. The molecule has 12 heteroatoms. The molecule has 11 nitrogen and oxygen atoms in total. The van der Waals surface area contributed by atoms with Gasteiger partial charge in [-0.05, 0) is 44.0 Å². The molecule has 190 valence electrons. The van der Waals surface area contributed by atoms with Gasteiger partial charge in [-0.25, -0.2) is 9.18 Å². The van der Waals surface area contributed by atoms with Gasteiger partial charge in [0.05, 0.1) is 5.69 Å². The molecule has 1 amide bonds. The van der Waals surface area contributed by atoms with E-state index in [1.54, 1.807) is 11.8 Å². The van der Waals surface area contributed by atoms with Crippen molar-refractivity contribution in [2.45, 2.75) is 51.6 Å². The van der Waals surface area contributed by atoms with Crippen molar-refractivity contribution >= 4 is 5.91 Å². The Balaban J connectivity index is 1.38. The van der Waals surface area contributed by atoms with Gasteiger partial charge in [0.25, 0.3) is 5.56 Å². The Hall–Kier alpha value is -3.67. The molecule has 3 aromatic rings. The number of aromatic nitrogens is 5. The van der Waals surface area contributed by atoms with Crippen LogP contribution in [-0.2, 0) is 6.54 Å². The van der Waals surface area contributed by atoms with Crippen molar-refractivity contribution in [2.75, 3.05) is 26.2 Å². The highest BCUT2D eigenvalue weighted by Crippen LogP contribution is 2.24. The molecule has 0 spiro atoms. The van der Waals surface area contributed by atoms with Crippen LogP contribution in [0.25, 0.3) is 17.2 Å². The number of amides is 1. The van der Waals surface area contributed by atoms with Gasteiger partial charge in [-0.2, -0.15) is 14.8 Å². The topological polar surface area (TPSA) is 119 Å². The third-order valence-corrected chi connectivity index (χ3v) is 6.96. The number of halogens is 1. The monoisotopic (exact) mass is 497 g/mol. The molecular weight excluding hydrogens is 469 g/mol. The second kappa shape index (κ2) is 10.1. The fourth-order valence-corrected chi connectivity index (χ4v) is 4.96. The highest BCUT2D eigenvalue weighted by molar-refractivity contribution is 5.90. The molecule has 0 atom stereocenters. The van der Waals surface area contributed by atoms with Crippen LogP contribution in [0.2, 0.25) is 0 Å². The number of carbonyl (C=O) groups is 1. The summed E-state index contributed by atoms with van der Waals surface area (Å²) in [4.78, 5) is 47.0. The first-order valence-electron chi connectivity index (χ1n) is 12.3. The van der Waals surface area contributed by atoms with Crippen molar-refractivity contribution in [1.82, 2.24) is 34.3 Å². The van der Waals surface area contributed by atoms with Crippen LogP contribution in [-0.4, -0.2) is 72.4 Å². The average Bonchev–Trinajstić information content (AvgIpc) is 3.40. The molecule has 0 bridgehead atoms. The van der Waals surface area contributed by atoms with Gasteiger partial charge in [-0.3, -0.25) is 19.1 Å². The number of benzene rings is 1. The molecule has 2 aromatic heterocycles. The zero-order valence-corrected chi connectivity index (χ0v) is 20.1. The maximum atomic E-state index is 13.4. The number of hydrogen-bond donors (Lipinski definition) is 0. The minimum Gasteiger partial charge on any atom is -0.332 e. The SMILES string of the molecule is CCn1c(=O)c(-c2noc(C(=O)N3CCN(C4CCCCC4)CC3)n2)nn(-c2ccc(F)cc2)c1=O. The van der Waals surface area contributed by atoms with E-state index in [0.717, 1.165) is 22.3 Å². The Labute approximate surface area is 206 Å². The Kier molecular flexibility index (Phi) is 6.77. The van der Waals surface area contributed by atoms with Crippen molar-refractivity contribution in [3.63, 3.8) is 0 Å². The Morgan fingerprint density at radius 1 is 1.06 bits per heavy atom. The summed E-state index contributed by atoms with van der Waals surface area (Å²) in [7, 11) is 0. The third-order valence-electron chi connectivity index (χ3n) is 6.96. The van der Waals surface area contributed by atoms with Crippen molar-refractivity contribution in [1.29, 1.82) is 0 Å². The molecule has 3 heterocycles. The van der Waals surface area contributed by atoms with E-state index in [2.05, 4.69) is 20.1 Å². The van der Waals surface area contributed by atoms with Gasteiger partial charge in [0.1, 0.15) is 5.82 Å². The largest absolute Gasteiger partial charge is 0.352 e. The van der Waals surface area contributed by atoms with Crippen molar-refractivity contribution in [3.8, 4) is 17.2 Å². The van der Waals surface area contributed by atoms with Crippen LogP contribution in [0.3, 0.4) is 0 Å². The molecule has 5 rings (SSSR count). The number of carbonyl (C=O) groups excluding carboxylic acids is 1. The molecule has 2 aliphatic rings. The van der Waals surface area contributed by atoms with Crippen LogP contribution in [0.15, 0.2) is 38.4 Å². The Morgan fingerprint density at radius 3 is 2.42 bits per heavy atom.